The molecular weight excluding hydrogens is 382 g/mol. The number of anilines is 1. The van der Waals surface area contributed by atoms with Crippen LogP contribution in [0.15, 0.2) is 33.7 Å². The average molecular weight is 408 g/mol. The fourth-order valence-electron chi connectivity index (χ4n) is 3.32. The molecule has 0 radical (unpaired) electrons. The summed E-state index contributed by atoms with van der Waals surface area (Å²) in [6, 6.07) is 7.67. The third kappa shape index (κ3) is 5.18. The number of benzene rings is 1. The molecule has 1 atom stereocenters. The summed E-state index contributed by atoms with van der Waals surface area (Å²) in [7, 11) is 0. The number of rotatable bonds is 2. The topological polar surface area (TPSA) is 83.7 Å². The zero-order valence-corrected chi connectivity index (χ0v) is 16.8. The standard InChI is InChI=1S/C18H26BrN5O/c1-17(2)10-9-15(11-18(3,4)24(17)25)23-16(21-12-20)22-14-7-5-13(19)6-8-14/h5-8,15,25H,9-11H2,1-4H3,(H2,21,22,23). The van der Waals surface area contributed by atoms with Crippen molar-refractivity contribution in [2.24, 2.45) is 4.99 Å². The Balaban J connectivity index is 2.21. The molecule has 0 saturated carbocycles. The molecule has 0 amide bonds. The first kappa shape index (κ1) is 19.7. The van der Waals surface area contributed by atoms with E-state index in [1.807, 2.05) is 58.2 Å². The minimum absolute atomic E-state index is 0.00484. The number of aliphatic imine (C=N–C) groups is 1. The van der Waals surface area contributed by atoms with E-state index in [0.29, 0.717) is 12.4 Å². The summed E-state index contributed by atoms with van der Waals surface area (Å²) < 4.78 is 0.987. The van der Waals surface area contributed by atoms with Crippen molar-refractivity contribution in [3.8, 4) is 6.19 Å². The van der Waals surface area contributed by atoms with Crippen molar-refractivity contribution in [2.45, 2.75) is 64.1 Å². The maximum Gasteiger partial charge on any atom is 0.209 e. The Morgan fingerprint density at radius 2 is 1.92 bits per heavy atom. The van der Waals surface area contributed by atoms with Crippen LogP contribution < -0.4 is 10.6 Å². The van der Waals surface area contributed by atoms with Crippen LogP contribution in [-0.4, -0.2) is 33.3 Å². The normalized spacial score (nSPS) is 23.4. The van der Waals surface area contributed by atoms with Crippen molar-refractivity contribution in [3.63, 3.8) is 0 Å². The molecule has 7 heteroatoms. The van der Waals surface area contributed by atoms with Crippen molar-refractivity contribution in [2.75, 3.05) is 5.32 Å². The van der Waals surface area contributed by atoms with Gasteiger partial charge >= 0.3 is 0 Å². The maximum atomic E-state index is 10.6. The first-order valence-electron chi connectivity index (χ1n) is 8.39. The Morgan fingerprint density at radius 3 is 2.52 bits per heavy atom. The minimum Gasteiger partial charge on any atom is -0.326 e. The van der Waals surface area contributed by atoms with E-state index in [4.69, 9.17) is 10.3 Å². The Morgan fingerprint density at radius 1 is 1.28 bits per heavy atom. The fraction of sp³-hybridized carbons (Fsp3) is 0.556. The molecular formula is C18H26BrN5O. The lowest BCUT2D eigenvalue weighted by Gasteiger charge is -2.42. The summed E-state index contributed by atoms with van der Waals surface area (Å²) in [6.45, 7) is 8.11. The maximum absolute atomic E-state index is 10.6. The SMILES string of the molecule is CC1(C)CCC(N=C(NC#N)Nc2ccc(Br)cc2)CC(C)(C)N1O. The highest BCUT2D eigenvalue weighted by Gasteiger charge is 2.41. The van der Waals surface area contributed by atoms with Crippen molar-refractivity contribution in [1.29, 1.82) is 5.26 Å². The molecule has 3 N–H and O–H groups in total. The lowest BCUT2D eigenvalue weighted by atomic mass is 9.94. The lowest BCUT2D eigenvalue weighted by molar-refractivity contribution is -0.221. The van der Waals surface area contributed by atoms with Gasteiger partial charge in [-0.3, -0.25) is 5.32 Å². The molecule has 0 aliphatic carbocycles. The predicted molar refractivity (Wildman–Crippen MR) is 103 cm³/mol. The summed E-state index contributed by atoms with van der Waals surface area (Å²) in [5.74, 6) is 0.426. The third-order valence-electron chi connectivity index (χ3n) is 4.56. The van der Waals surface area contributed by atoms with Gasteiger partial charge in [0.1, 0.15) is 0 Å². The number of nitriles is 1. The van der Waals surface area contributed by atoms with Crippen LogP contribution in [0.3, 0.4) is 0 Å². The molecule has 1 saturated heterocycles. The number of nitrogens with one attached hydrogen (secondary N) is 2. The van der Waals surface area contributed by atoms with Crippen LogP contribution in [0.5, 0.6) is 0 Å². The van der Waals surface area contributed by atoms with Gasteiger partial charge in [0.25, 0.3) is 0 Å². The molecule has 0 aromatic heterocycles. The highest BCUT2D eigenvalue weighted by Crippen LogP contribution is 2.36. The van der Waals surface area contributed by atoms with Crippen LogP contribution in [0.2, 0.25) is 0 Å². The summed E-state index contributed by atoms with van der Waals surface area (Å²) in [6.07, 6.45) is 4.30. The van der Waals surface area contributed by atoms with E-state index in [2.05, 4.69) is 26.6 Å². The van der Waals surface area contributed by atoms with Crippen molar-refractivity contribution in [1.82, 2.24) is 10.4 Å². The molecule has 0 bridgehead atoms. The van der Waals surface area contributed by atoms with Crippen LogP contribution in [0.1, 0.15) is 47.0 Å². The van der Waals surface area contributed by atoms with Gasteiger partial charge in [-0.1, -0.05) is 15.9 Å². The summed E-state index contributed by atoms with van der Waals surface area (Å²) in [5.41, 5.74) is 0.140. The predicted octanol–water partition coefficient (Wildman–Crippen LogP) is 4.09. The number of halogens is 1. The summed E-state index contributed by atoms with van der Waals surface area (Å²) in [4.78, 5) is 4.72. The quantitative estimate of drug-likeness (QED) is 0.297. The first-order chi connectivity index (χ1) is 11.6. The van der Waals surface area contributed by atoms with E-state index in [1.165, 1.54) is 5.06 Å². The van der Waals surface area contributed by atoms with Gasteiger partial charge in [0.05, 0.1) is 6.04 Å². The van der Waals surface area contributed by atoms with Crippen LogP contribution >= 0.6 is 15.9 Å². The van der Waals surface area contributed by atoms with Gasteiger partial charge in [-0.05, 0) is 71.2 Å². The first-order valence-corrected chi connectivity index (χ1v) is 9.18. The second-order valence-corrected chi connectivity index (χ2v) is 8.60. The van der Waals surface area contributed by atoms with E-state index in [0.717, 1.165) is 23.0 Å². The number of hydroxylamine groups is 2. The Bertz CT molecular complexity index is 663. The smallest absolute Gasteiger partial charge is 0.209 e. The molecule has 6 nitrogen and oxygen atoms in total. The molecule has 1 aliphatic rings. The zero-order valence-electron chi connectivity index (χ0n) is 15.2. The van der Waals surface area contributed by atoms with Gasteiger partial charge in [-0.2, -0.15) is 10.3 Å². The molecule has 1 unspecified atom stereocenters. The van der Waals surface area contributed by atoms with E-state index in [1.54, 1.807) is 0 Å². The minimum atomic E-state index is -0.399. The number of hydrogen-bond donors (Lipinski definition) is 3. The Kier molecular flexibility index (Phi) is 6.09. The van der Waals surface area contributed by atoms with Crippen LogP contribution in [0.4, 0.5) is 5.69 Å². The monoisotopic (exact) mass is 407 g/mol. The van der Waals surface area contributed by atoms with Crippen LogP contribution in [0, 0.1) is 11.5 Å². The van der Waals surface area contributed by atoms with Crippen molar-refractivity contribution < 1.29 is 5.21 Å². The molecule has 1 aromatic carbocycles. The molecule has 1 fully saturated rings. The van der Waals surface area contributed by atoms with Crippen LogP contribution in [-0.2, 0) is 0 Å². The number of hydrogen-bond acceptors (Lipinski definition) is 4. The van der Waals surface area contributed by atoms with E-state index in [9.17, 15) is 5.21 Å². The molecule has 1 aliphatic heterocycles. The largest absolute Gasteiger partial charge is 0.326 e. The third-order valence-corrected chi connectivity index (χ3v) is 5.09. The lowest BCUT2D eigenvalue weighted by Crippen LogP contribution is -2.52. The molecule has 1 aromatic rings. The highest BCUT2D eigenvalue weighted by molar-refractivity contribution is 9.10. The van der Waals surface area contributed by atoms with Gasteiger partial charge in [0, 0.05) is 21.2 Å². The average Bonchev–Trinajstić information content (AvgIpc) is 2.60. The second kappa shape index (κ2) is 7.73. The Labute approximate surface area is 158 Å². The molecule has 1 heterocycles. The summed E-state index contributed by atoms with van der Waals surface area (Å²) in [5, 5.41) is 26.8. The van der Waals surface area contributed by atoms with E-state index < -0.39 is 5.54 Å². The van der Waals surface area contributed by atoms with E-state index in [-0.39, 0.29) is 11.6 Å². The Hall–Kier alpha value is -1.62. The number of guanidine groups is 1. The molecule has 0 spiro atoms. The van der Waals surface area contributed by atoms with Gasteiger partial charge in [-0.25, -0.2) is 4.99 Å². The van der Waals surface area contributed by atoms with E-state index >= 15 is 0 Å². The fourth-order valence-corrected chi connectivity index (χ4v) is 3.59. The zero-order chi connectivity index (χ0) is 18.7. The summed E-state index contributed by atoms with van der Waals surface area (Å²) >= 11 is 3.41. The van der Waals surface area contributed by atoms with Gasteiger partial charge < -0.3 is 10.5 Å². The van der Waals surface area contributed by atoms with Gasteiger partial charge in [0.2, 0.25) is 5.96 Å². The second-order valence-electron chi connectivity index (χ2n) is 7.68. The van der Waals surface area contributed by atoms with Crippen molar-refractivity contribution in [3.05, 3.63) is 28.7 Å². The highest BCUT2D eigenvalue weighted by atomic mass is 79.9. The molecule has 25 heavy (non-hydrogen) atoms. The van der Waals surface area contributed by atoms with Crippen molar-refractivity contribution >= 4 is 27.6 Å². The van der Waals surface area contributed by atoms with Gasteiger partial charge in [0.15, 0.2) is 6.19 Å². The molecule has 136 valence electrons. The molecule has 2 rings (SSSR count). The van der Waals surface area contributed by atoms with Gasteiger partial charge in [-0.15, -0.1) is 0 Å². The van der Waals surface area contributed by atoms with Crippen LogP contribution in [0.25, 0.3) is 0 Å². The number of nitrogens with zero attached hydrogens (tertiary/aromatic N) is 3.